The molecule has 3 nitrogen and oxygen atoms in total. The molecular weight excluding hydrogens is 416 g/mol. The van der Waals surface area contributed by atoms with Crippen LogP contribution >= 0.6 is 34.2 Å². The van der Waals surface area contributed by atoms with Gasteiger partial charge in [-0.2, -0.15) is 0 Å². The maximum absolute atomic E-state index is 12.9. The van der Waals surface area contributed by atoms with E-state index in [0.29, 0.717) is 5.56 Å². The molecule has 2 aromatic carbocycles. The normalized spacial score (nSPS) is 11.6. The van der Waals surface area contributed by atoms with Crippen molar-refractivity contribution in [2.75, 3.05) is 0 Å². The molecule has 0 bridgehead atoms. The first-order valence-corrected chi connectivity index (χ1v) is 8.51. The predicted octanol–water partition coefficient (Wildman–Crippen LogP) is 3.56. The molecule has 7 heteroatoms. The number of nitrogens with one attached hydrogen (secondary N) is 1. The third kappa shape index (κ3) is 3.91. The summed E-state index contributed by atoms with van der Waals surface area (Å²) in [6.45, 7) is 0.00737. The maximum atomic E-state index is 12.9. The Kier molecular flexibility index (Phi) is 5.00. The Balaban J connectivity index is 2.15. The summed E-state index contributed by atoms with van der Waals surface area (Å²) in [5.41, 5.74) is 0.516. The van der Waals surface area contributed by atoms with Gasteiger partial charge in [0.05, 0.1) is 4.90 Å². The van der Waals surface area contributed by atoms with Crippen molar-refractivity contribution in [3.63, 3.8) is 0 Å². The monoisotopic (exact) mass is 425 g/mol. The molecule has 0 aliphatic rings. The second-order valence-corrected chi connectivity index (χ2v) is 7.43. The first-order chi connectivity index (χ1) is 9.38. The van der Waals surface area contributed by atoms with Gasteiger partial charge in [-0.15, -0.1) is 0 Å². The fourth-order valence-electron chi connectivity index (χ4n) is 1.53. The van der Waals surface area contributed by atoms with Crippen molar-refractivity contribution < 1.29 is 12.8 Å². The van der Waals surface area contributed by atoms with Crippen LogP contribution in [0.5, 0.6) is 0 Å². The molecule has 0 radical (unpaired) electrons. The van der Waals surface area contributed by atoms with Gasteiger partial charge in [-0.05, 0) is 64.6 Å². The minimum absolute atomic E-state index is 0.00737. The van der Waals surface area contributed by atoms with Gasteiger partial charge in [-0.25, -0.2) is 17.5 Å². The number of rotatable bonds is 4. The van der Waals surface area contributed by atoms with E-state index in [4.69, 9.17) is 11.6 Å². The van der Waals surface area contributed by atoms with Crippen molar-refractivity contribution in [1.82, 2.24) is 4.72 Å². The Hall–Kier alpha value is -0.700. The van der Waals surface area contributed by atoms with E-state index in [2.05, 4.69) is 27.3 Å². The molecule has 0 amide bonds. The second kappa shape index (κ2) is 6.38. The zero-order chi connectivity index (χ0) is 14.8. The largest absolute Gasteiger partial charge is 0.240 e. The number of sulfonamides is 1. The third-order valence-electron chi connectivity index (χ3n) is 2.59. The Labute approximate surface area is 135 Å². The van der Waals surface area contributed by atoms with Crippen molar-refractivity contribution in [1.29, 1.82) is 0 Å². The van der Waals surface area contributed by atoms with Gasteiger partial charge in [0, 0.05) is 15.1 Å². The molecule has 0 aliphatic carbocycles. The molecular formula is C13H10ClFINO2S. The SMILES string of the molecule is O=S(=O)(NCc1ccc(F)cc1Cl)c1ccc(I)cc1. The minimum Gasteiger partial charge on any atom is -0.207 e. The first kappa shape index (κ1) is 15.7. The molecule has 0 saturated heterocycles. The Morgan fingerprint density at radius 1 is 1.15 bits per heavy atom. The van der Waals surface area contributed by atoms with Gasteiger partial charge in [0.15, 0.2) is 0 Å². The average Bonchev–Trinajstić information content (AvgIpc) is 2.38. The van der Waals surface area contributed by atoms with Crippen LogP contribution in [0.15, 0.2) is 47.4 Å². The van der Waals surface area contributed by atoms with Crippen molar-refractivity contribution >= 4 is 44.2 Å². The Morgan fingerprint density at radius 2 is 1.80 bits per heavy atom. The summed E-state index contributed by atoms with van der Waals surface area (Å²) in [6, 6.07) is 10.3. The zero-order valence-electron chi connectivity index (χ0n) is 10.1. The van der Waals surface area contributed by atoms with Crippen LogP contribution in [0.2, 0.25) is 5.02 Å². The highest BCUT2D eigenvalue weighted by atomic mass is 127. The van der Waals surface area contributed by atoms with Crippen LogP contribution in [0.4, 0.5) is 4.39 Å². The number of hydrogen-bond acceptors (Lipinski definition) is 2. The van der Waals surface area contributed by atoms with Crippen molar-refractivity contribution in [3.05, 3.63) is 62.4 Å². The topological polar surface area (TPSA) is 46.2 Å². The molecule has 106 valence electrons. The molecule has 2 rings (SSSR count). The van der Waals surface area contributed by atoms with Crippen molar-refractivity contribution in [2.24, 2.45) is 0 Å². The lowest BCUT2D eigenvalue weighted by Gasteiger charge is -2.08. The summed E-state index contributed by atoms with van der Waals surface area (Å²) in [6.07, 6.45) is 0. The number of halogens is 3. The summed E-state index contributed by atoms with van der Waals surface area (Å²) in [5.74, 6) is -0.459. The molecule has 0 aliphatic heterocycles. The quantitative estimate of drug-likeness (QED) is 0.762. The van der Waals surface area contributed by atoms with Crippen molar-refractivity contribution in [2.45, 2.75) is 11.4 Å². The predicted molar refractivity (Wildman–Crippen MR) is 84.6 cm³/mol. The van der Waals surface area contributed by atoms with Gasteiger partial charge in [0.2, 0.25) is 10.0 Å². The highest BCUT2D eigenvalue weighted by molar-refractivity contribution is 14.1. The molecule has 0 aromatic heterocycles. The lowest BCUT2D eigenvalue weighted by molar-refractivity contribution is 0.581. The minimum atomic E-state index is -3.61. The van der Waals surface area contributed by atoms with Crippen LogP contribution in [0, 0.1) is 9.39 Å². The summed E-state index contributed by atoms with van der Waals surface area (Å²) < 4.78 is 40.4. The summed E-state index contributed by atoms with van der Waals surface area (Å²) in [5, 5.41) is 0.190. The van der Waals surface area contributed by atoms with Crippen LogP contribution in [0.25, 0.3) is 0 Å². The maximum Gasteiger partial charge on any atom is 0.240 e. The van der Waals surface area contributed by atoms with Gasteiger partial charge in [-0.1, -0.05) is 17.7 Å². The molecule has 0 unspecified atom stereocenters. The Morgan fingerprint density at radius 3 is 2.40 bits per heavy atom. The summed E-state index contributed by atoms with van der Waals surface area (Å²) in [4.78, 5) is 0.177. The molecule has 2 aromatic rings. The van der Waals surface area contributed by atoms with Gasteiger partial charge >= 0.3 is 0 Å². The smallest absolute Gasteiger partial charge is 0.207 e. The second-order valence-electron chi connectivity index (χ2n) is 4.01. The number of benzene rings is 2. The van der Waals surface area contributed by atoms with Crippen LogP contribution < -0.4 is 4.72 Å². The fourth-order valence-corrected chi connectivity index (χ4v) is 3.14. The summed E-state index contributed by atoms with van der Waals surface area (Å²) >= 11 is 7.94. The summed E-state index contributed by atoms with van der Waals surface area (Å²) in [7, 11) is -3.61. The van der Waals surface area contributed by atoms with E-state index in [1.54, 1.807) is 12.1 Å². The Bertz CT molecular complexity index is 720. The lowest BCUT2D eigenvalue weighted by Crippen LogP contribution is -2.23. The van der Waals surface area contributed by atoms with E-state index in [9.17, 15) is 12.8 Å². The standard InChI is InChI=1S/C13H10ClFINO2S/c14-13-7-10(15)2-1-9(13)8-17-20(18,19)12-5-3-11(16)4-6-12/h1-7,17H,8H2. The van der Waals surface area contributed by atoms with E-state index >= 15 is 0 Å². The van der Waals surface area contributed by atoms with Gasteiger partial charge in [0.1, 0.15) is 5.82 Å². The van der Waals surface area contributed by atoms with E-state index in [-0.39, 0.29) is 16.5 Å². The third-order valence-corrected chi connectivity index (χ3v) is 5.08. The van der Waals surface area contributed by atoms with Crippen LogP contribution in [-0.4, -0.2) is 8.42 Å². The first-order valence-electron chi connectivity index (χ1n) is 5.58. The fraction of sp³-hybridized carbons (Fsp3) is 0.0769. The molecule has 0 fully saturated rings. The number of hydrogen-bond donors (Lipinski definition) is 1. The molecule has 0 atom stereocenters. The molecule has 1 N–H and O–H groups in total. The molecule has 0 saturated carbocycles. The van der Waals surface area contributed by atoms with Gasteiger partial charge in [0.25, 0.3) is 0 Å². The highest BCUT2D eigenvalue weighted by Gasteiger charge is 2.14. The van der Waals surface area contributed by atoms with E-state index < -0.39 is 15.8 Å². The van der Waals surface area contributed by atoms with Gasteiger partial charge in [-0.3, -0.25) is 0 Å². The molecule has 0 heterocycles. The van der Waals surface area contributed by atoms with Gasteiger partial charge < -0.3 is 0 Å². The van der Waals surface area contributed by atoms with E-state index in [1.807, 2.05) is 0 Å². The van der Waals surface area contributed by atoms with Crippen LogP contribution in [0.1, 0.15) is 5.56 Å². The highest BCUT2D eigenvalue weighted by Crippen LogP contribution is 2.18. The average molecular weight is 426 g/mol. The molecule has 20 heavy (non-hydrogen) atoms. The lowest BCUT2D eigenvalue weighted by atomic mass is 10.2. The van der Waals surface area contributed by atoms with Crippen LogP contribution in [0.3, 0.4) is 0 Å². The van der Waals surface area contributed by atoms with E-state index in [0.717, 1.165) is 9.64 Å². The van der Waals surface area contributed by atoms with Crippen LogP contribution in [-0.2, 0) is 16.6 Å². The zero-order valence-corrected chi connectivity index (χ0v) is 13.8. The van der Waals surface area contributed by atoms with E-state index in [1.165, 1.54) is 24.3 Å². The van der Waals surface area contributed by atoms with Crippen molar-refractivity contribution in [3.8, 4) is 0 Å². The molecule has 0 spiro atoms.